The predicted molar refractivity (Wildman–Crippen MR) is 131 cm³/mol. The van der Waals surface area contributed by atoms with Crippen LogP contribution in [-0.4, -0.2) is 23.8 Å². The maximum atomic E-state index is 12.4. The van der Waals surface area contributed by atoms with E-state index in [9.17, 15) is 14.4 Å². The zero-order chi connectivity index (χ0) is 23.8. The van der Waals surface area contributed by atoms with Crippen LogP contribution in [0.4, 0.5) is 5.69 Å². The molecule has 3 aromatic carbocycles. The van der Waals surface area contributed by atoms with Gasteiger partial charge in [0.25, 0.3) is 0 Å². The molecule has 0 fully saturated rings. The number of esters is 1. The van der Waals surface area contributed by atoms with Crippen LogP contribution in [0, 0.1) is 13.8 Å². The minimum atomic E-state index is -0.901. The first-order chi connectivity index (χ1) is 15.8. The number of hydrogen-bond donors (Lipinski definition) is 1. The number of nitrogens with one attached hydrogen (secondary N) is 1. The summed E-state index contributed by atoms with van der Waals surface area (Å²) in [5.41, 5.74) is 3.41. The Bertz CT molecular complexity index is 1110. The molecule has 0 aromatic heterocycles. The SMILES string of the molecule is Cc1ccc(Sc2ccc(NC(=O)CCC(=O)OC(C)C(=O)c3ccc(C)cc3)cc2)cc1. The Morgan fingerprint density at radius 1 is 0.788 bits per heavy atom. The highest BCUT2D eigenvalue weighted by atomic mass is 32.2. The molecule has 0 bridgehead atoms. The van der Waals surface area contributed by atoms with Crippen LogP contribution < -0.4 is 5.32 Å². The number of benzene rings is 3. The molecule has 0 aliphatic carbocycles. The molecule has 33 heavy (non-hydrogen) atoms. The van der Waals surface area contributed by atoms with Gasteiger partial charge in [0.1, 0.15) is 0 Å². The van der Waals surface area contributed by atoms with E-state index in [2.05, 4.69) is 36.5 Å². The Kier molecular flexibility index (Phi) is 8.44. The van der Waals surface area contributed by atoms with E-state index in [1.165, 1.54) is 12.5 Å². The average Bonchev–Trinajstić information content (AvgIpc) is 2.80. The molecule has 0 heterocycles. The summed E-state index contributed by atoms with van der Waals surface area (Å²) < 4.78 is 5.21. The molecule has 0 spiro atoms. The van der Waals surface area contributed by atoms with Gasteiger partial charge in [-0.1, -0.05) is 59.3 Å². The van der Waals surface area contributed by atoms with Gasteiger partial charge in [0.05, 0.1) is 6.42 Å². The van der Waals surface area contributed by atoms with E-state index >= 15 is 0 Å². The van der Waals surface area contributed by atoms with E-state index < -0.39 is 12.1 Å². The van der Waals surface area contributed by atoms with E-state index in [0.717, 1.165) is 15.4 Å². The van der Waals surface area contributed by atoms with E-state index in [4.69, 9.17) is 4.74 Å². The normalized spacial score (nSPS) is 11.5. The van der Waals surface area contributed by atoms with Crippen molar-refractivity contribution in [2.45, 2.75) is 49.5 Å². The van der Waals surface area contributed by atoms with Gasteiger partial charge in [-0.05, 0) is 57.2 Å². The molecular weight excluding hydrogens is 434 g/mol. The summed E-state index contributed by atoms with van der Waals surface area (Å²) in [6.45, 7) is 5.52. The summed E-state index contributed by atoms with van der Waals surface area (Å²) in [7, 11) is 0. The summed E-state index contributed by atoms with van der Waals surface area (Å²) >= 11 is 1.64. The Morgan fingerprint density at radius 3 is 1.88 bits per heavy atom. The Balaban J connectivity index is 1.42. The first-order valence-electron chi connectivity index (χ1n) is 10.7. The summed E-state index contributed by atoms with van der Waals surface area (Å²) in [5, 5.41) is 2.78. The number of aryl methyl sites for hydroxylation is 2. The zero-order valence-electron chi connectivity index (χ0n) is 19.0. The van der Waals surface area contributed by atoms with Crippen molar-refractivity contribution in [3.8, 4) is 0 Å². The van der Waals surface area contributed by atoms with Gasteiger partial charge in [-0.3, -0.25) is 14.4 Å². The van der Waals surface area contributed by atoms with Gasteiger partial charge in [-0.25, -0.2) is 0 Å². The number of rotatable bonds is 9. The number of carbonyl (C=O) groups excluding carboxylic acids is 3. The predicted octanol–water partition coefficient (Wildman–Crippen LogP) is 5.99. The van der Waals surface area contributed by atoms with Crippen LogP contribution in [0.25, 0.3) is 0 Å². The molecule has 0 aliphatic heterocycles. The molecule has 5 nitrogen and oxygen atoms in total. The molecule has 1 N–H and O–H groups in total. The Labute approximate surface area is 198 Å². The fourth-order valence-electron chi connectivity index (χ4n) is 3.05. The third kappa shape index (κ3) is 7.61. The third-order valence-electron chi connectivity index (χ3n) is 4.96. The molecule has 0 radical (unpaired) electrons. The van der Waals surface area contributed by atoms with Crippen molar-refractivity contribution in [3.05, 3.63) is 89.5 Å². The lowest BCUT2D eigenvalue weighted by Crippen LogP contribution is -2.25. The van der Waals surface area contributed by atoms with Crippen molar-refractivity contribution in [1.82, 2.24) is 0 Å². The first kappa shape index (κ1) is 24.3. The molecule has 3 rings (SSSR count). The van der Waals surface area contributed by atoms with Gasteiger partial charge in [0.2, 0.25) is 11.7 Å². The van der Waals surface area contributed by atoms with Crippen LogP contribution in [0.5, 0.6) is 0 Å². The number of anilines is 1. The highest BCUT2D eigenvalue weighted by Crippen LogP contribution is 2.28. The third-order valence-corrected chi connectivity index (χ3v) is 5.98. The standard InChI is InChI=1S/C27H27NO4S/c1-18-4-8-21(9-5-18)27(31)20(3)32-26(30)17-16-25(29)28-22-10-14-24(15-11-22)33-23-12-6-19(2)7-13-23/h4-15,20H,16-17H2,1-3H3,(H,28,29). The quantitative estimate of drug-likeness (QED) is 0.313. The minimum absolute atomic E-state index is 0.0237. The fourth-order valence-corrected chi connectivity index (χ4v) is 3.87. The topological polar surface area (TPSA) is 72.5 Å². The minimum Gasteiger partial charge on any atom is -0.454 e. The summed E-state index contributed by atoms with van der Waals surface area (Å²) in [5.74, 6) is -1.14. The van der Waals surface area contributed by atoms with Crippen molar-refractivity contribution in [1.29, 1.82) is 0 Å². The van der Waals surface area contributed by atoms with Crippen LogP contribution in [0.3, 0.4) is 0 Å². The second kappa shape index (κ2) is 11.5. The molecule has 1 atom stereocenters. The van der Waals surface area contributed by atoms with E-state index in [-0.39, 0.29) is 24.5 Å². The van der Waals surface area contributed by atoms with Crippen LogP contribution in [0.2, 0.25) is 0 Å². The van der Waals surface area contributed by atoms with Crippen LogP contribution in [-0.2, 0) is 14.3 Å². The molecule has 1 amide bonds. The Hall–Kier alpha value is -3.38. The molecule has 0 saturated heterocycles. The number of carbonyl (C=O) groups is 3. The van der Waals surface area contributed by atoms with Crippen LogP contribution >= 0.6 is 11.8 Å². The van der Waals surface area contributed by atoms with Crippen molar-refractivity contribution >= 4 is 35.1 Å². The largest absolute Gasteiger partial charge is 0.454 e. The van der Waals surface area contributed by atoms with E-state index in [1.807, 2.05) is 43.3 Å². The molecule has 3 aromatic rings. The van der Waals surface area contributed by atoms with Crippen LogP contribution in [0.15, 0.2) is 82.6 Å². The Morgan fingerprint density at radius 2 is 1.30 bits per heavy atom. The molecular formula is C27H27NO4S. The molecule has 0 saturated carbocycles. The number of amides is 1. The zero-order valence-corrected chi connectivity index (χ0v) is 19.8. The molecule has 0 aliphatic rings. The maximum absolute atomic E-state index is 12.4. The number of Topliss-reactive ketones (excluding diaryl/α,β-unsaturated/α-hetero) is 1. The smallest absolute Gasteiger partial charge is 0.307 e. The van der Waals surface area contributed by atoms with Gasteiger partial charge < -0.3 is 10.1 Å². The van der Waals surface area contributed by atoms with Gasteiger partial charge >= 0.3 is 5.97 Å². The summed E-state index contributed by atoms with van der Waals surface area (Å²) in [6.07, 6.45) is -1.02. The number of ketones is 1. The van der Waals surface area contributed by atoms with Gasteiger partial charge in [-0.15, -0.1) is 0 Å². The second-order valence-electron chi connectivity index (χ2n) is 7.85. The lowest BCUT2D eigenvalue weighted by Gasteiger charge is -2.12. The lowest BCUT2D eigenvalue weighted by molar-refractivity contribution is -0.147. The van der Waals surface area contributed by atoms with Crippen molar-refractivity contribution in [2.75, 3.05) is 5.32 Å². The molecule has 1 unspecified atom stereocenters. The lowest BCUT2D eigenvalue weighted by atomic mass is 10.1. The summed E-state index contributed by atoms with van der Waals surface area (Å²) in [4.78, 5) is 38.9. The van der Waals surface area contributed by atoms with Crippen molar-refractivity contribution < 1.29 is 19.1 Å². The van der Waals surface area contributed by atoms with Crippen molar-refractivity contribution in [2.24, 2.45) is 0 Å². The molecule has 170 valence electrons. The van der Waals surface area contributed by atoms with Gasteiger partial charge in [0, 0.05) is 27.5 Å². The van der Waals surface area contributed by atoms with Crippen molar-refractivity contribution in [3.63, 3.8) is 0 Å². The van der Waals surface area contributed by atoms with Crippen LogP contribution in [0.1, 0.15) is 41.3 Å². The highest BCUT2D eigenvalue weighted by Gasteiger charge is 2.20. The second-order valence-corrected chi connectivity index (χ2v) is 9.00. The number of ether oxygens (including phenoxy) is 1. The van der Waals surface area contributed by atoms with E-state index in [0.29, 0.717) is 11.3 Å². The average molecular weight is 462 g/mol. The molecule has 6 heteroatoms. The number of hydrogen-bond acceptors (Lipinski definition) is 5. The highest BCUT2D eigenvalue weighted by molar-refractivity contribution is 7.99. The first-order valence-corrected chi connectivity index (χ1v) is 11.6. The summed E-state index contributed by atoms with van der Waals surface area (Å²) in [6, 6.07) is 22.9. The van der Waals surface area contributed by atoms with E-state index in [1.54, 1.807) is 23.9 Å². The maximum Gasteiger partial charge on any atom is 0.307 e. The monoisotopic (exact) mass is 461 g/mol. The fraction of sp³-hybridized carbons (Fsp3) is 0.222. The van der Waals surface area contributed by atoms with Gasteiger partial charge in [0.15, 0.2) is 6.10 Å². The van der Waals surface area contributed by atoms with Gasteiger partial charge in [-0.2, -0.15) is 0 Å².